The van der Waals surface area contributed by atoms with Crippen molar-refractivity contribution < 1.29 is 14.3 Å². The van der Waals surface area contributed by atoms with Gasteiger partial charge >= 0.3 is 5.97 Å². The monoisotopic (exact) mass is 226 g/mol. The van der Waals surface area contributed by atoms with Crippen molar-refractivity contribution >= 4 is 11.8 Å². The number of halogens is 1. The molecular formula is C11H15FN2O2. The Hall–Kier alpha value is -1.65. The first-order valence-corrected chi connectivity index (χ1v) is 5.15. The fourth-order valence-electron chi connectivity index (χ4n) is 1.30. The molecule has 0 bridgehead atoms. The molecule has 4 nitrogen and oxygen atoms in total. The van der Waals surface area contributed by atoms with E-state index in [4.69, 9.17) is 5.11 Å². The van der Waals surface area contributed by atoms with Crippen molar-refractivity contribution in [1.82, 2.24) is 4.98 Å². The quantitative estimate of drug-likeness (QED) is 0.807. The number of aliphatic carboxylic acids is 1. The SMILES string of the molecule is CC[C@H](C)[C@H](Nc1ccc(F)cn1)C(=O)O. The molecule has 0 radical (unpaired) electrons. The van der Waals surface area contributed by atoms with E-state index in [0.717, 1.165) is 12.6 Å². The number of nitrogens with zero attached hydrogens (tertiary/aromatic N) is 1. The van der Waals surface area contributed by atoms with Crippen LogP contribution < -0.4 is 5.32 Å². The van der Waals surface area contributed by atoms with Crippen molar-refractivity contribution in [2.45, 2.75) is 26.3 Å². The number of rotatable bonds is 5. The summed E-state index contributed by atoms with van der Waals surface area (Å²) in [6, 6.07) is 1.96. The van der Waals surface area contributed by atoms with Crippen molar-refractivity contribution in [2.75, 3.05) is 5.32 Å². The Morgan fingerprint density at radius 3 is 2.75 bits per heavy atom. The van der Waals surface area contributed by atoms with Gasteiger partial charge in [-0.25, -0.2) is 14.2 Å². The van der Waals surface area contributed by atoms with Crippen molar-refractivity contribution in [3.8, 4) is 0 Å². The summed E-state index contributed by atoms with van der Waals surface area (Å²) >= 11 is 0. The second kappa shape index (κ2) is 5.44. The summed E-state index contributed by atoms with van der Waals surface area (Å²) in [4.78, 5) is 14.8. The Bertz CT molecular complexity index is 354. The van der Waals surface area contributed by atoms with Gasteiger partial charge in [0, 0.05) is 0 Å². The van der Waals surface area contributed by atoms with Gasteiger partial charge in [0.2, 0.25) is 0 Å². The fourth-order valence-corrected chi connectivity index (χ4v) is 1.30. The van der Waals surface area contributed by atoms with Gasteiger partial charge in [0.15, 0.2) is 0 Å². The van der Waals surface area contributed by atoms with Crippen LogP contribution in [0.15, 0.2) is 18.3 Å². The third-order valence-corrected chi connectivity index (χ3v) is 2.51. The van der Waals surface area contributed by atoms with E-state index in [1.165, 1.54) is 12.1 Å². The summed E-state index contributed by atoms with van der Waals surface area (Å²) in [5.41, 5.74) is 0. The summed E-state index contributed by atoms with van der Waals surface area (Å²) in [7, 11) is 0. The van der Waals surface area contributed by atoms with Crippen LogP contribution in [0.5, 0.6) is 0 Å². The van der Waals surface area contributed by atoms with Crippen molar-refractivity contribution in [1.29, 1.82) is 0 Å². The van der Waals surface area contributed by atoms with Crippen molar-refractivity contribution in [3.05, 3.63) is 24.1 Å². The standard InChI is InChI=1S/C11H15FN2O2/c1-3-7(2)10(11(15)16)14-9-5-4-8(12)6-13-9/h4-7,10H,3H2,1-2H3,(H,13,14)(H,15,16)/t7-,10-/m0/s1. The lowest BCUT2D eigenvalue weighted by Crippen LogP contribution is -2.35. The molecule has 2 atom stereocenters. The predicted molar refractivity (Wildman–Crippen MR) is 58.7 cm³/mol. The average Bonchev–Trinajstić information content (AvgIpc) is 2.27. The molecule has 0 aliphatic heterocycles. The van der Waals surface area contributed by atoms with Crippen molar-refractivity contribution in [2.24, 2.45) is 5.92 Å². The van der Waals surface area contributed by atoms with Crippen molar-refractivity contribution in [3.63, 3.8) is 0 Å². The second-order valence-corrected chi connectivity index (χ2v) is 3.71. The van der Waals surface area contributed by atoms with Crippen LogP contribution >= 0.6 is 0 Å². The highest BCUT2D eigenvalue weighted by molar-refractivity contribution is 5.77. The van der Waals surface area contributed by atoms with Gasteiger partial charge in [-0.15, -0.1) is 0 Å². The molecule has 16 heavy (non-hydrogen) atoms. The van der Waals surface area contributed by atoms with E-state index in [9.17, 15) is 9.18 Å². The van der Waals surface area contributed by atoms with Crippen LogP contribution in [0, 0.1) is 11.7 Å². The van der Waals surface area contributed by atoms with Gasteiger partial charge in [-0.2, -0.15) is 0 Å². The molecule has 1 aromatic heterocycles. The summed E-state index contributed by atoms with van der Waals surface area (Å²) < 4.78 is 12.6. The van der Waals surface area contributed by atoms with Gasteiger partial charge in [0.25, 0.3) is 0 Å². The minimum absolute atomic E-state index is 0.0237. The highest BCUT2D eigenvalue weighted by atomic mass is 19.1. The zero-order valence-electron chi connectivity index (χ0n) is 9.27. The van der Waals surface area contributed by atoms with Crippen LogP contribution in [0.3, 0.4) is 0 Å². The Balaban J connectivity index is 2.75. The lowest BCUT2D eigenvalue weighted by molar-refractivity contribution is -0.139. The van der Waals surface area contributed by atoms with Crippen LogP contribution in [0.4, 0.5) is 10.2 Å². The van der Waals surface area contributed by atoms with E-state index in [-0.39, 0.29) is 5.92 Å². The molecular weight excluding hydrogens is 211 g/mol. The zero-order chi connectivity index (χ0) is 12.1. The van der Waals surface area contributed by atoms with Crippen LogP contribution in [-0.4, -0.2) is 22.1 Å². The third-order valence-electron chi connectivity index (χ3n) is 2.51. The van der Waals surface area contributed by atoms with Crippen LogP contribution in [0.25, 0.3) is 0 Å². The van der Waals surface area contributed by atoms with E-state index in [2.05, 4.69) is 10.3 Å². The molecule has 1 aromatic rings. The molecule has 0 spiro atoms. The highest BCUT2D eigenvalue weighted by Gasteiger charge is 2.23. The van der Waals surface area contributed by atoms with Gasteiger partial charge in [-0.3, -0.25) is 0 Å². The second-order valence-electron chi connectivity index (χ2n) is 3.71. The van der Waals surface area contributed by atoms with Gasteiger partial charge in [0.1, 0.15) is 17.7 Å². The minimum atomic E-state index is -0.930. The number of hydrogen-bond donors (Lipinski definition) is 2. The van der Waals surface area contributed by atoms with Gasteiger partial charge in [-0.05, 0) is 18.1 Å². The normalized spacial score (nSPS) is 14.2. The van der Waals surface area contributed by atoms with E-state index < -0.39 is 17.8 Å². The number of carboxylic acids is 1. The Morgan fingerprint density at radius 1 is 1.62 bits per heavy atom. The molecule has 0 aromatic carbocycles. The molecule has 0 amide bonds. The Kier molecular flexibility index (Phi) is 4.22. The summed E-state index contributed by atoms with van der Waals surface area (Å²) in [6.07, 6.45) is 1.79. The molecule has 1 heterocycles. The number of carboxylic acid groups (broad SMARTS) is 1. The number of aromatic nitrogens is 1. The molecule has 1 rings (SSSR count). The maximum Gasteiger partial charge on any atom is 0.326 e. The maximum atomic E-state index is 12.6. The summed E-state index contributed by atoms with van der Waals surface area (Å²) in [5, 5.41) is 11.8. The van der Waals surface area contributed by atoms with E-state index in [0.29, 0.717) is 5.82 Å². The average molecular weight is 226 g/mol. The molecule has 2 N–H and O–H groups in total. The molecule has 0 fully saturated rings. The number of hydrogen-bond acceptors (Lipinski definition) is 3. The molecule has 0 aliphatic rings. The minimum Gasteiger partial charge on any atom is -0.480 e. The predicted octanol–water partition coefficient (Wildman–Crippen LogP) is 2.13. The molecule has 88 valence electrons. The van der Waals surface area contributed by atoms with Crippen LogP contribution in [0.1, 0.15) is 20.3 Å². The molecule has 0 unspecified atom stereocenters. The first-order chi connectivity index (χ1) is 7.54. The smallest absolute Gasteiger partial charge is 0.326 e. The van der Waals surface area contributed by atoms with Gasteiger partial charge in [-0.1, -0.05) is 20.3 Å². The maximum absolute atomic E-state index is 12.6. The number of anilines is 1. The first kappa shape index (κ1) is 12.4. The lowest BCUT2D eigenvalue weighted by Gasteiger charge is -2.20. The van der Waals surface area contributed by atoms with Crippen LogP contribution in [0.2, 0.25) is 0 Å². The lowest BCUT2D eigenvalue weighted by atomic mass is 9.99. The Morgan fingerprint density at radius 2 is 2.31 bits per heavy atom. The van der Waals surface area contributed by atoms with E-state index in [1.807, 2.05) is 13.8 Å². The summed E-state index contributed by atoms with van der Waals surface area (Å²) in [5.74, 6) is -1.03. The third kappa shape index (κ3) is 3.18. The largest absolute Gasteiger partial charge is 0.480 e. The Labute approximate surface area is 93.5 Å². The number of pyridine rings is 1. The number of carbonyl (C=O) groups is 1. The van der Waals surface area contributed by atoms with E-state index >= 15 is 0 Å². The molecule has 0 saturated heterocycles. The topological polar surface area (TPSA) is 62.2 Å². The van der Waals surface area contributed by atoms with Gasteiger partial charge in [0.05, 0.1) is 6.20 Å². The highest BCUT2D eigenvalue weighted by Crippen LogP contribution is 2.13. The zero-order valence-corrected chi connectivity index (χ0v) is 9.27. The molecule has 5 heteroatoms. The molecule has 0 saturated carbocycles. The fraction of sp³-hybridized carbons (Fsp3) is 0.455. The van der Waals surface area contributed by atoms with E-state index in [1.54, 1.807) is 0 Å². The first-order valence-electron chi connectivity index (χ1n) is 5.15. The van der Waals surface area contributed by atoms with Gasteiger partial charge < -0.3 is 10.4 Å². The van der Waals surface area contributed by atoms with Crippen LogP contribution in [-0.2, 0) is 4.79 Å². The number of nitrogens with one attached hydrogen (secondary N) is 1. The summed E-state index contributed by atoms with van der Waals surface area (Å²) in [6.45, 7) is 3.76. The molecule has 0 aliphatic carbocycles.